The Hall–Kier alpha value is -3.06. The van der Waals surface area contributed by atoms with Gasteiger partial charge in [-0.05, 0) is 43.0 Å². The fourth-order valence-electron chi connectivity index (χ4n) is 3.77. The highest BCUT2D eigenvalue weighted by Gasteiger charge is 2.19. The molecule has 1 saturated heterocycles. The van der Waals surface area contributed by atoms with Crippen LogP contribution in [0.3, 0.4) is 0 Å². The van der Waals surface area contributed by atoms with Gasteiger partial charge in [0.25, 0.3) is 0 Å². The van der Waals surface area contributed by atoms with E-state index in [4.69, 9.17) is 9.47 Å². The molecule has 158 valence electrons. The first kappa shape index (κ1) is 20.2. The van der Waals surface area contributed by atoms with Crippen LogP contribution in [0.2, 0.25) is 0 Å². The fraction of sp³-hybridized carbons (Fsp3) is 0.391. The second-order valence-corrected chi connectivity index (χ2v) is 7.38. The molecule has 3 aromatic rings. The predicted molar refractivity (Wildman–Crippen MR) is 117 cm³/mol. The molecular weight excluding hydrogens is 380 g/mol. The fourth-order valence-corrected chi connectivity index (χ4v) is 3.77. The summed E-state index contributed by atoms with van der Waals surface area (Å²) >= 11 is 0. The number of unbranched alkanes of at least 4 members (excludes halogenated alkanes) is 1. The summed E-state index contributed by atoms with van der Waals surface area (Å²) in [5.41, 5.74) is 3.89. The van der Waals surface area contributed by atoms with Crippen molar-refractivity contribution in [2.45, 2.75) is 19.3 Å². The van der Waals surface area contributed by atoms with Crippen LogP contribution in [0.15, 0.2) is 48.5 Å². The number of amides is 1. The zero-order chi connectivity index (χ0) is 20.8. The van der Waals surface area contributed by atoms with E-state index in [1.54, 1.807) is 0 Å². The summed E-state index contributed by atoms with van der Waals surface area (Å²) in [6, 6.07) is 16.4. The van der Waals surface area contributed by atoms with Crippen molar-refractivity contribution in [3.63, 3.8) is 0 Å². The highest BCUT2D eigenvalue weighted by atomic mass is 16.5. The molecule has 4 rings (SSSR count). The normalized spacial score (nSPS) is 14.1. The molecule has 1 aromatic heterocycles. The van der Waals surface area contributed by atoms with Gasteiger partial charge < -0.3 is 19.7 Å². The lowest BCUT2D eigenvalue weighted by Gasteiger charge is -2.28. The van der Waals surface area contributed by atoms with Gasteiger partial charge in [0.2, 0.25) is 0 Å². The average molecular weight is 409 g/mol. The molecule has 0 aliphatic carbocycles. The van der Waals surface area contributed by atoms with Gasteiger partial charge in [-0.25, -0.2) is 9.36 Å². The molecule has 30 heavy (non-hydrogen) atoms. The maximum absolute atomic E-state index is 12.8. The van der Waals surface area contributed by atoms with Crippen molar-refractivity contribution in [2.24, 2.45) is 0 Å². The molecule has 1 amide bonds. The van der Waals surface area contributed by atoms with Gasteiger partial charge in [0.15, 0.2) is 0 Å². The number of nitrogens with zero attached hydrogens (tertiary/aromatic N) is 3. The van der Waals surface area contributed by atoms with Crippen LogP contribution >= 0.6 is 0 Å². The molecule has 7 heteroatoms. The third kappa shape index (κ3) is 4.57. The molecule has 0 atom stereocenters. The van der Waals surface area contributed by atoms with Crippen molar-refractivity contribution in [2.75, 3.05) is 44.9 Å². The number of hydrogen-bond donors (Lipinski definition) is 1. The maximum atomic E-state index is 12.8. The molecule has 0 unspecified atom stereocenters. The Labute approximate surface area is 176 Å². The Morgan fingerprint density at radius 3 is 2.70 bits per heavy atom. The molecular formula is C23H28N4O3. The Morgan fingerprint density at radius 2 is 1.93 bits per heavy atom. The largest absolute Gasteiger partial charge is 0.468 e. The lowest BCUT2D eigenvalue weighted by molar-refractivity contribution is 0.122. The van der Waals surface area contributed by atoms with Gasteiger partial charge in [-0.2, -0.15) is 4.98 Å². The van der Waals surface area contributed by atoms with E-state index in [9.17, 15) is 4.79 Å². The standard InChI is InChI=1S/C23H28N4O3/c1-29-23-25-20-17-19(26-13-15-30-16-14-26)10-11-21(20)27(23)22(28)24-12-6-5-9-18-7-3-2-4-8-18/h2-4,7-8,10-11,17H,5-6,9,12-16H2,1H3,(H,24,28). The Bertz CT molecular complexity index is 981. The summed E-state index contributed by atoms with van der Waals surface area (Å²) in [5.74, 6) is 0. The van der Waals surface area contributed by atoms with Crippen LogP contribution in [0.4, 0.5) is 10.5 Å². The smallest absolute Gasteiger partial charge is 0.330 e. The van der Waals surface area contributed by atoms with Gasteiger partial charge in [-0.3, -0.25) is 0 Å². The molecule has 2 heterocycles. The van der Waals surface area contributed by atoms with Crippen molar-refractivity contribution in [1.82, 2.24) is 14.9 Å². The van der Waals surface area contributed by atoms with Gasteiger partial charge in [-0.15, -0.1) is 0 Å². The number of nitrogens with one attached hydrogen (secondary N) is 1. The van der Waals surface area contributed by atoms with Crippen molar-refractivity contribution < 1.29 is 14.3 Å². The van der Waals surface area contributed by atoms with Crippen molar-refractivity contribution in [3.8, 4) is 6.01 Å². The summed E-state index contributed by atoms with van der Waals surface area (Å²) in [5, 5.41) is 2.99. The monoisotopic (exact) mass is 408 g/mol. The Kier molecular flexibility index (Phi) is 6.49. The number of hydrogen-bond acceptors (Lipinski definition) is 5. The first-order valence-electron chi connectivity index (χ1n) is 10.5. The highest BCUT2D eigenvalue weighted by molar-refractivity contribution is 5.92. The quantitative estimate of drug-likeness (QED) is 0.607. The van der Waals surface area contributed by atoms with Crippen LogP contribution in [0.5, 0.6) is 6.01 Å². The van der Waals surface area contributed by atoms with E-state index in [0.29, 0.717) is 12.6 Å². The number of carbonyl (C=O) groups excluding carboxylic acids is 1. The average Bonchev–Trinajstić information content (AvgIpc) is 3.18. The summed E-state index contributed by atoms with van der Waals surface area (Å²) in [6.07, 6.45) is 2.95. The van der Waals surface area contributed by atoms with Gasteiger partial charge in [0.1, 0.15) is 0 Å². The van der Waals surface area contributed by atoms with E-state index < -0.39 is 0 Å². The van der Waals surface area contributed by atoms with Gasteiger partial charge in [0.05, 0.1) is 31.4 Å². The number of aryl methyl sites for hydroxylation is 1. The number of morpholine rings is 1. The second kappa shape index (κ2) is 9.63. The van der Waals surface area contributed by atoms with Crippen LogP contribution in [-0.2, 0) is 11.2 Å². The van der Waals surface area contributed by atoms with Gasteiger partial charge >= 0.3 is 12.0 Å². The Balaban J connectivity index is 1.39. The summed E-state index contributed by atoms with van der Waals surface area (Å²) in [6.45, 7) is 3.77. The zero-order valence-electron chi connectivity index (χ0n) is 17.3. The number of methoxy groups -OCH3 is 1. The highest BCUT2D eigenvalue weighted by Crippen LogP contribution is 2.26. The van der Waals surface area contributed by atoms with Crippen molar-refractivity contribution >= 4 is 22.8 Å². The predicted octanol–water partition coefficient (Wildman–Crippen LogP) is 3.46. The maximum Gasteiger partial charge on any atom is 0.330 e. The van der Waals surface area contributed by atoms with E-state index >= 15 is 0 Å². The number of ether oxygens (including phenoxy) is 2. The molecule has 7 nitrogen and oxygen atoms in total. The lowest BCUT2D eigenvalue weighted by atomic mass is 10.1. The van der Waals surface area contributed by atoms with E-state index in [-0.39, 0.29) is 6.03 Å². The van der Waals surface area contributed by atoms with E-state index in [1.165, 1.54) is 17.2 Å². The number of benzene rings is 2. The minimum absolute atomic E-state index is 0.215. The minimum Gasteiger partial charge on any atom is -0.468 e. The molecule has 1 aliphatic rings. The molecule has 0 saturated carbocycles. The number of imidazole rings is 1. The van der Waals surface area contributed by atoms with Gasteiger partial charge in [0, 0.05) is 25.3 Å². The van der Waals surface area contributed by atoms with E-state index in [0.717, 1.165) is 62.3 Å². The van der Waals surface area contributed by atoms with Gasteiger partial charge in [-0.1, -0.05) is 30.3 Å². The SMILES string of the molecule is COc1nc2cc(N3CCOCC3)ccc2n1C(=O)NCCCCc1ccccc1. The van der Waals surface area contributed by atoms with Crippen molar-refractivity contribution in [1.29, 1.82) is 0 Å². The molecule has 0 bridgehead atoms. The summed E-state index contributed by atoms with van der Waals surface area (Å²) in [7, 11) is 1.54. The molecule has 2 aromatic carbocycles. The van der Waals surface area contributed by atoms with Crippen LogP contribution in [-0.4, -0.2) is 55.5 Å². The number of carbonyl (C=O) groups is 1. The molecule has 1 N–H and O–H groups in total. The molecule has 0 radical (unpaired) electrons. The number of anilines is 1. The lowest BCUT2D eigenvalue weighted by Crippen LogP contribution is -2.36. The van der Waals surface area contributed by atoms with Crippen LogP contribution < -0.4 is 15.0 Å². The van der Waals surface area contributed by atoms with Crippen LogP contribution in [0.1, 0.15) is 18.4 Å². The summed E-state index contributed by atoms with van der Waals surface area (Å²) < 4.78 is 12.3. The topological polar surface area (TPSA) is 68.6 Å². The Morgan fingerprint density at radius 1 is 1.13 bits per heavy atom. The number of fused-ring (bicyclic) bond motifs is 1. The minimum atomic E-state index is -0.215. The third-order valence-electron chi connectivity index (χ3n) is 5.38. The van der Waals surface area contributed by atoms with Crippen LogP contribution in [0.25, 0.3) is 11.0 Å². The zero-order valence-corrected chi connectivity index (χ0v) is 17.3. The third-order valence-corrected chi connectivity index (χ3v) is 5.38. The van der Waals surface area contributed by atoms with Crippen molar-refractivity contribution in [3.05, 3.63) is 54.1 Å². The second-order valence-electron chi connectivity index (χ2n) is 7.38. The van der Waals surface area contributed by atoms with E-state index in [1.807, 2.05) is 24.3 Å². The molecule has 1 aliphatic heterocycles. The number of aromatic nitrogens is 2. The van der Waals surface area contributed by atoms with Crippen LogP contribution in [0, 0.1) is 0 Å². The summed E-state index contributed by atoms with van der Waals surface area (Å²) in [4.78, 5) is 19.6. The van der Waals surface area contributed by atoms with E-state index in [2.05, 4.69) is 39.5 Å². The first-order valence-corrected chi connectivity index (χ1v) is 10.5. The number of rotatable bonds is 7. The first-order chi connectivity index (χ1) is 14.8. The molecule has 1 fully saturated rings. The molecule has 0 spiro atoms.